The highest BCUT2D eigenvalue weighted by molar-refractivity contribution is 6.59. The second-order valence-corrected chi connectivity index (χ2v) is 3.87. The van der Waals surface area contributed by atoms with Gasteiger partial charge in [0.05, 0.1) is 6.61 Å². The fourth-order valence-electron chi connectivity index (χ4n) is 1.65. The fourth-order valence-corrected chi connectivity index (χ4v) is 1.65. The molecule has 1 aromatic heterocycles. The molecule has 0 aliphatic rings. The van der Waals surface area contributed by atoms with Crippen LogP contribution < -0.4 is 10.2 Å². The van der Waals surface area contributed by atoms with Gasteiger partial charge in [-0.15, -0.1) is 0 Å². The maximum Gasteiger partial charge on any atom is 0.492 e. The van der Waals surface area contributed by atoms with Gasteiger partial charge in [-0.25, -0.2) is 0 Å². The molecule has 0 bridgehead atoms. The Morgan fingerprint density at radius 3 is 2.67 bits per heavy atom. The Labute approximate surface area is 106 Å². The van der Waals surface area contributed by atoms with E-state index in [4.69, 9.17) is 4.74 Å². The molecule has 0 aliphatic carbocycles. The molecule has 0 saturated heterocycles. The van der Waals surface area contributed by atoms with E-state index in [1.165, 1.54) is 0 Å². The summed E-state index contributed by atoms with van der Waals surface area (Å²) in [6, 6.07) is 10.7. The largest absolute Gasteiger partial charge is 0.494 e. The third-order valence-electron chi connectivity index (χ3n) is 2.57. The molecule has 2 aromatic rings. The van der Waals surface area contributed by atoms with Crippen LogP contribution in [0.1, 0.15) is 5.56 Å². The highest BCUT2D eigenvalue weighted by Gasteiger charge is 2.15. The first-order valence-corrected chi connectivity index (χ1v) is 5.74. The Morgan fingerprint density at radius 1 is 1.11 bits per heavy atom. The molecular weight excluding hydrogens is 229 g/mol. The van der Waals surface area contributed by atoms with E-state index < -0.39 is 7.12 Å². The normalized spacial score (nSPS) is 10.1. The molecule has 18 heavy (non-hydrogen) atoms. The van der Waals surface area contributed by atoms with Gasteiger partial charge in [0.15, 0.2) is 0 Å². The lowest BCUT2D eigenvalue weighted by molar-refractivity contribution is 0.322. The summed E-state index contributed by atoms with van der Waals surface area (Å²) < 4.78 is 5.55. The van der Waals surface area contributed by atoms with E-state index in [9.17, 15) is 10.0 Å². The van der Waals surface area contributed by atoms with Crippen molar-refractivity contribution >= 4 is 12.6 Å². The number of aromatic nitrogens is 1. The van der Waals surface area contributed by atoms with Crippen molar-refractivity contribution in [3.05, 3.63) is 54.4 Å². The first kappa shape index (κ1) is 12.6. The Kier molecular flexibility index (Phi) is 4.33. The number of benzene rings is 1. The van der Waals surface area contributed by atoms with E-state index in [1.54, 1.807) is 36.7 Å². The van der Waals surface area contributed by atoms with Crippen molar-refractivity contribution in [3.63, 3.8) is 0 Å². The average molecular weight is 243 g/mol. The van der Waals surface area contributed by atoms with Gasteiger partial charge in [0.25, 0.3) is 0 Å². The van der Waals surface area contributed by atoms with E-state index in [0.29, 0.717) is 17.8 Å². The van der Waals surface area contributed by atoms with Crippen LogP contribution in [0.4, 0.5) is 0 Å². The molecule has 0 unspecified atom stereocenters. The van der Waals surface area contributed by atoms with Crippen LogP contribution >= 0.6 is 0 Å². The minimum absolute atomic E-state index is 0.378. The van der Waals surface area contributed by atoms with Gasteiger partial charge in [-0.05, 0) is 17.7 Å². The third kappa shape index (κ3) is 3.32. The summed E-state index contributed by atoms with van der Waals surface area (Å²) in [4.78, 5) is 4.02. The molecule has 0 spiro atoms. The van der Waals surface area contributed by atoms with Gasteiger partial charge in [0.1, 0.15) is 5.75 Å². The van der Waals surface area contributed by atoms with Crippen LogP contribution in [-0.4, -0.2) is 28.8 Å². The quantitative estimate of drug-likeness (QED) is 0.745. The Morgan fingerprint density at radius 2 is 1.94 bits per heavy atom. The smallest absolute Gasteiger partial charge is 0.492 e. The number of nitrogens with zero attached hydrogens (tertiary/aromatic N) is 1. The average Bonchev–Trinajstić information content (AvgIpc) is 2.40. The monoisotopic (exact) mass is 243 g/mol. The summed E-state index contributed by atoms with van der Waals surface area (Å²) in [5, 5.41) is 18.4. The molecule has 0 saturated carbocycles. The van der Waals surface area contributed by atoms with Gasteiger partial charge in [-0.3, -0.25) is 4.98 Å². The van der Waals surface area contributed by atoms with Gasteiger partial charge in [0.2, 0.25) is 0 Å². The lowest BCUT2D eigenvalue weighted by atomic mass is 9.79. The molecule has 5 heteroatoms. The maximum absolute atomic E-state index is 9.19. The van der Waals surface area contributed by atoms with Crippen LogP contribution in [0.2, 0.25) is 0 Å². The minimum atomic E-state index is -1.51. The van der Waals surface area contributed by atoms with Crippen molar-refractivity contribution in [2.24, 2.45) is 0 Å². The number of hydrogen-bond donors (Lipinski definition) is 2. The molecule has 1 heterocycles. The number of hydrogen-bond acceptors (Lipinski definition) is 4. The number of para-hydroxylation sites is 1. The fraction of sp³-hybridized carbons (Fsp3) is 0.154. The SMILES string of the molecule is OB(O)c1ccccc1OCCc1cccnc1. The van der Waals surface area contributed by atoms with Gasteiger partial charge in [-0.1, -0.05) is 24.3 Å². The minimum Gasteiger partial charge on any atom is -0.494 e. The van der Waals surface area contributed by atoms with Crippen LogP contribution in [0, 0.1) is 0 Å². The predicted molar refractivity (Wildman–Crippen MR) is 69.7 cm³/mol. The van der Waals surface area contributed by atoms with Gasteiger partial charge in [-0.2, -0.15) is 0 Å². The van der Waals surface area contributed by atoms with Crippen LogP contribution in [0.15, 0.2) is 48.8 Å². The first-order chi connectivity index (χ1) is 8.77. The van der Waals surface area contributed by atoms with Gasteiger partial charge < -0.3 is 14.8 Å². The van der Waals surface area contributed by atoms with E-state index in [-0.39, 0.29) is 0 Å². The van der Waals surface area contributed by atoms with E-state index in [2.05, 4.69) is 4.98 Å². The summed E-state index contributed by atoms with van der Waals surface area (Å²) in [5.74, 6) is 0.497. The van der Waals surface area contributed by atoms with Crippen molar-refractivity contribution in [2.75, 3.05) is 6.61 Å². The molecule has 92 valence electrons. The van der Waals surface area contributed by atoms with E-state index in [0.717, 1.165) is 12.0 Å². The Balaban J connectivity index is 1.94. The van der Waals surface area contributed by atoms with Crippen LogP contribution in [-0.2, 0) is 6.42 Å². The van der Waals surface area contributed by atoms with Gasteiger partial charge >= 0.3 is 7.12 Å². The zero-order valence-electron chi connectivity index (χ0n) is 9.86. The lowest BCUT2D eigenvalue weighted by Gasteiger charge is -2.10. The zero-order valence-corrected chi connectivity index (χ0v) is 9.86. The Bertz CT molecular complexity index is 491. The summed E-state index contributed by atoms with van der Waals surface area (Å²) in [6.07, 6.45) is 4.24. The van der Waals surface area contributed by atoms with Crippen molar-refractivity contribution in [2.45, 2.75) is 6.42 Å². The molecular formula is C13H14BNO3. The first-order valence-electron chi connectivity index (χ1n) is 5.74. The van der Waals surface area contributed by atoms with Crippen LogP contribution in [0.5, 0.6) is 5.75 Å². The van der Waals surface area contributed by atoms with Crippen molar-refractivity contribution in [1.29, 1.82) is 0 Å². The summed E-state index contributed by atoms with van der Waals surface area (Å²) in [6.45, 7) is 0.468. The Hall–Kier alpha value is -1.85. The van der Waals surface area contributed by atoms with Crippen LogP contribution in [0.3, 0.4) is 0 Å². The molecule has 0 radical (unpaired) electrons. The second-order valence-electron chi connectivity index (χ2n) is 3.87. The summed E-state index contributed by atoms with van der Waals surface area (Å²) in [7, 11) is -1.51. The molecule has 0 aliphatic heterocycles. The maximum atomic E-state index is 9.19. The van der Waals surface area contributed by atoms with Gasteiger partial charge in [0, 0.05) is 24.3 Å². The molecule has 4 nitrogen and oxygen atoms in total. The molecule has 0 atom stereocenters. The molecule has 2 N–H and O–H groups in total. The van der Waals surface area contributed by atoms with E-state index in [1.807, 2.05) is 12.1 Å². The second kappa shape index (κ2) is 6.19. The van der Waals surface area contributed by atoms with Crippen molar-refractivity contribution < 1.29 is 14.8 Å². The van der Waals surface area contributed by atoms with E-state index >= 15 is 0 Å². The standard InChI is InChI=1S/C13H14BNO3/c16-14(17)12-5-1-2-6-13(12)18-9-7-11-4-3-8-15-10-11/h1-6,8,10,16-17H,7,9H2. The summed E-state index contributed by atoms with van der Waals surface area (Å²) >= 11 is 0. The zero-order chi connectivity index (χ0) is 12.8. The molecule has 0 amide bonds. The highest BCUT2D eigenvalue weighted by Crippen LogP contribution is 2.08. The van der Waals surface area contributed by atoms with Crippen LogP contribution in [0.25, 0.3) is 0 Å². The number of ether oxygens (including phenoxy) is 1. The molecule has 1 aromatic carbocycles. The van der Waals surface area contributed by atoms with Crippen molar-refractivity contribution in [1.82, 2.24) is 4.98 Å². The van der Waals surface area contributed by atoms with Crippen molar-refractivity contribution in [3.8, 4) is 5.75 Å². The predicted octanol–water partition coefficient (Wildman–Crippen LogP) is 0.383. The number of pyridine rings is 1. The highest BCUT2D eigenvalue weighted by atomic mass is 16.5. The lowest BCUT2D eigenvalue weighted by Crippen LogP contribution is -2.31. The topological polar surface area (TPSA) is 62.6 Å². The third-order valence-corrected chi connectivity index (χ3v) is 2.57. The molecule has 0 fully saturated rings. The number of rotatable bonds is 5. The summed E-state index contributed by atoms with van der Waals surface area (Å²) in [5.41, 5.74) is 1.46. The molecule has 2 rings (SSSR count).